The van der Waals surface area contributed by atoms with Crippen molar-refractivity contribution in [2.24, 2.45) is 0 Å². The van der Waals surface area contributed by atoms with Gasteiger partial charge in [-0.1, -0.05) is 6.07 Å². The maximum Gasteiger partial charge on any atom is 0.411 e. The normalized spacial score (nSPS) is 16.5. The highest BCUT2D eigenvalue weighted by molar-refractivity contribution is 7.80. The number of nitrogens with zero attached hydrogens (tertiary/aromatic N) is 1. The third-order valence-corrected chi connectivity index (χ3v) is 3.74. The van der Waals surface area contributed by atoms with Crippen molar-refractivity contribution in [2.75, 3.05) is 20.3 Å². The van der Waals surface area contributed by atoms with Crippen LogP contribution in [0, 0.1) is 0 Å². The highest BCUT2D eigenvalue weighted by Gasteiger charge is 2.29. The van der Waals surface area contributed by atoms with Crippen LogP contribution < -0.4 is 10.1 Å². The second kappa shape index (κ2) is 7.83. The first kappa shape index (κ1) is 19.2. The van der Waals surface area contributed by atoms with Gasteiger partial charge in [-0.2, -0.15) is 13.2 Å². The number of methoxy groups -OCH3 is 1. The quantitative estimate of drug-likeness (QED) is 0.613. The number of alkyl halides is 3. The molecule has 1 amide bonds. The Balaban J connectivity index is 2.20. The van der Waals surface area contributed by atoms with Crippen LogP contribution in [0.15, 0.2) is 23.9 Å². The van der Waals surface area contributed by atoms with E-state index >= 15 is 0 Å². The van der Waals surface area contributed by atoms with Gasteiger partial charge in [-0.05, 0) is 42.9 Å². The lowest BCUT2D eigenvalue weighted by Crippen LogP contribution is -2.30. The number of benzene rings is 1. The molecule has 25 heavy (non-hydrogen) atoms. The summed E-state index contributed by atoms with van der Waals surface area (Å²) >= 11 is 5.07. The number of carbonyl (C=O) groups excluding carboxylic acids is 1. The van der Waals surface area contributed by atoms with Crippen molar-refractivity contribution >= 4 is 29.3 Å². The molecule has 9 heteroatoms. The first-order valence-corrected chi connectivity index (χ1v) is 7.82. The van der Waals surface area contributed by atoms with Crippen LogP contribution in [-0.4, -0.2) is 42.4 Å². The summed E-state index contributed by atoms with van der Waals surface area (Å²) in [6.45, 7) is 0.640. The fourth-order valence-corrected chi connectivity index (χ4v) is 2.63. The van der Waals surface area contributed by atoms with E-state index < -0.39 is 12.8 Å². The molecule has 1 saturated heterocycles. The van der Waals surface area contributed by atoms with Crippen molar-refractivity contribution in [2.45, 2.75) is 19.7 Å². The van der Waals surface area contributed by atoms with Gasteiger partial charge < -0.3 is 14.8 Å². The molecule has 1 aliphatic rings. The zero-order valence-electron chi connectivity index (χ0n) is 13.6. The molecule has 1 fully saturated rings. The Morgan fingerprint density at radius 1 is 1.36 bits per heavy atom. The van der Waals surface area contributed by atoms with E-state index in [0.717, 1.165) is 0 Å². The average Bonchev–Trinajstić information content (AvgIpc) is 2.80. The fraction of sp³-hybridized carbons (Fsp3) is 0.375. The van der Waals surface area contributed by atoms with Crippen LogP contribution >= 0.6 is 12.2 Å². The maximum absolute atomic E-state index is 12.2. The molecule has 0 radical (unpaired) electrons. The number of carbonyl (C=O) groups is 1. The van der Waals surface area contributed by atoms with E-state index in [4.69, 9.17) is 17.0 Å². The van der Waals surface area contributed by atoms with Gasteiger partial charge in [0.2, 0.25) is 0 Å². The molecule has 0 aliphatic carbocycles. The molecule has 0 bridgehead atoms. The number of hydrogen-bond donors (Lipinski definition) is 1. The number of nitrogens with one attached hydrogen (secondary N) is 1. The van der Waals surface area contributed by atoms with Crippen LogP contribution in [0.5, 0.6) is 5.75 Å². The van der Waals surface area contributed by atoms with E-state index in [-0.39, 0.29) is 12.5 Å². The van der Waals surface area contributed by atoms with Gasteiger partial charge in [0.05, 0.1) is 13.7 Å². The average molecular weight is 374 g/mol. The van der Waals surface area contributed by atoms with Crippen molar-refractivity contribution in [3.8, 4) is 5.75 Å². The summed E-state index contributed by atoms with van der Waals surface area (Å²) < 4.78 is 46.5. The minimum absolute atomic E-state index is 0.252. The van der Waals surface area contributed by atoms with Crippen LogP contribution in [0.1, 0.15) is 18.1 Å². The molecule has 1 aliphatic heterocycles. The van der Waals surface area contributed by atoms with Gasteiger partial charge in [-0.3, -0.25) is 9.69 Å². The molecule has 0 spiro atoms. The van der Waals surface area contributed by atoms with Gasteiger partial charge in [0.25, 0.3) is 5.91 Å². The first-order valence-electron chi connectivity index (χ1n) is 7.41. The molecule has 5 nitrogen and oxygen atoms in total. The van der Waals surface area contributed by atoms with Crippen molar-refractivity contribution in [3.63, 3.8) is 0 Å². The van der Waals surface area contributed by atoms with Crippen molar-refractivity contribution < 1.29 is 27.4 Å². The molecular formula is C16H17F3N2O3S. The van der Waals surface area contributed by atoms with Crippen LogP contribution in [0.2, 0.25) is 0 Å². The molecule has 0 unspecified atom stereocenters. The smallest absolute Gasteiger partial charge is 0.411 e. The number of amides is 1. The summed E-state index contributed by atoms with van der Waals surface area (Å²) in [5, 5.41) is 3.14. The molecule has 136 valence electrons. The number of rotatable bonds is 6. The van der Waals surface area contributed by atoms with Gasteiger partial charge in [0.15, 0.2) is 5.11 Å². The second-order valence-corrected chi connectivity index (χ2v) is 5.60. The maximum atomic E-state index is 12.2. The Labute approximate surface area is 148 Å². The monoisotopic (exact) mass is 374 g/mol. The van der Waals surface area contributed by atoms with Gasteiger partial charge in [-0.25, -0.2) is 0 Å². The van der Waals surface area contributed by atoms with E-state index in [1.807, 2.05) is 0 Å². The van der Waals surface area contributed by atoms with Crippen LogP contribution in [0.4, 0.5) is 13.2 Å². The summed E-state index contributed by atoms with van der Waals surface area (Å²) in [4.78, 5) is 13.6. The minimum atomic E-state index is -4.40. The van der Waals surface area contributed by atoms with Crippen LogP contribution in [0.25, 0.3) is 6.08 Å². The topological polar surface area (TPSA) is 50.8 Å². The summed E-state index contributed by atoms with van der Waals surface area (Å²) in [5.41, 5.74) is 1.36. The Morgan fingerprint density at radius 2 is 2.08 bits per heavy atom. The van der Waals surface area contributed by atoms with E-state index in [9.17, 15) is 18.0 Å². The largest absolute Gasteiger partial charge is 0.496 e. The summed E-state index contributed by atoms with van der Waals surface area (Å²) in [6.07, 6.45) is -2.82. The molecule has 0 atom stereocenters. The molecule has 1 heterocycles. The molecular weight excluding hydrogens is 357 g/mol. The molecule has 0 aromatic heterocycles. The fourth-order valence-electron chi connectivity index (χ4n) is 2.30. The molecule has 1 aromatic rings. The Kier molecular flexibility index (Phi) is 6.02. The Hall–Kier alpha value is -2.13. The molecule has 1 N–H and O–H groups in total. The number of likely N-dealkylation sites (N-methyl/N-ethyl adjacent to an activating group) is 1. The zero-order valence-corrected chi connectivity index (χ0v) is 14.5. The third-order valence-electron chi connectivity index (χ3n) is 3.42. The van der Waals surface area contributed by atoms with Gasteiger partial charge in [-0.15, -0.1) is 0 Å². The number of thiocarbonyl (C=S) groups is 1. The molecule has 2 rings (SSSR count). The van der Waals surface area contributed by atoms with Gasteiger partial charge in [0, 0.05) is 12.1 Å². The number of halogens is 3. The van der Waals surface area contributed by atoms with E-state index in [1.165, 1.54) is 12.0 Å². The minimum Gasteiger partial charge on any atom is -0.496 e. The summed E-state index contributed by atoms with van der Waals surface area (Å²) in [6, 6.07) is 4.90. The highest BCUT2D eigenvalue weighted by atomic mass is 32.1. The predicted octanol–water partition coefficient (Wildman–Crippen LogP) is 2.85. The first-order chi connectivity index (χ1) is 11.7. The molecule has 0 saturated carbocycles. The van der Waals surface area contributed by atoms with Gasteiger partial charge in [0.1, 0.15) is 18.1 Å². The third kappa shape index (κ3) is 4.93. The van der Waals surface area contributed by atoms with Gasteiger partial charge >= 0.3 is 6.18 Å². The van der Waals surface area contributed by atoms with E-state index in [2.05, 4.69) is 10.1 Å². The van der Waals surface area contributed by atoms with Crippen molar-refractivity contribution in [3.05, 3.63) is 35.0 Å². The second-order valence-electron chi connectivity index (χ2n) is 5.22. The molecule has 1 aromatic carbocycles. The van der Waals surface area contributed by atoms with E-state index in [1.54, 1.807) is 31.2 Å². The highest BCUT2D eigenvalue weighted by Crippen LogP contribution is 2.24. The van der Waals surface area contributed by atoms with Crippen LogP contribution in [-0.2, 0) is 16.1 Å². The van der Waals surface area contributed by atoms with Crippen LogP contribution in [0.3, 0.4) is 0 Å². The predicted molar refractivity (Wildman–Crippen MR) is 89.8 cm³/mol. The Morgan fingerprint density at radius 3 is 2.64 bits per heavy atom. The standard InChI is InChI=1S/C16H17F3N2O3S/c1-3-21-14(22)12(20-15(21)25)7-10-4-5-13(23-2)11(6-10)8-24-9-16(17,18)19/h4-7H,3,8-9H2,1-2H3,(H,20,25)/b12-7+. The lowest BCUT2D eigenvalue weighted by Gasteiger charge is -2.12. The SMILES string of the molecule is CCN1C(=O)/C(=C\c2ccc(OC)c(COCC(F)(F)F)c2)NC1=S. The van der Waals surface area contributed by atoms with Crippen molar-refractivity contribution in [1.82, 2.24) is 10.2 Å². The lowest BCUT2D eigenvalue weighted by molar-refractivity contribution is -0.176. The number of hydrogen-bond acceptors (Lipinski definition) is 4. The summed E-state index contributed by atoms with van der Waals surface area (Å²) in [5.74, 6) is 0.152. The zero-order chi connectivity index (χ0) is 18.6. The van der Waals surface area contributed by atoms with Crippen molar-refractivity contribution in [1.29, 1.82) is 0 Å². The summed E-state index contributed by atoms with van der Waals surface area (Å²) in [7, 11) is 1.42. The van der Waals surface area contributed by atoms with E-state index in [0.29, 0.717) is 34.2 Å². The Bertz CT molecular complexity index is 704. The lowest BCUT2D eigenvalue weighted by atomic mass is 10.1. The number of ether oxygens (including phenoxy) is 2.